The summed E-state index contributed by atoms with van der Waals surface area (Å²) < 4.78 is 0. The summed E-state index contributed by atoms with van der Waals surface area (Å²) in [7, 11) is 0. The molecule has 0 aliphatic rings. The van der Waals surface area contributed by atoms with Crippen LogP contribution in [-0.4, -0.2) is 5.97 Å². The molecule has 0 aromatic heterocycles. The predicted molar refractivity (Wildman–Crippen MR) is 56.8 cm³/mol. The Morgan fingerprint density at radius 3 is 2.73 bits per heavy atom. The van der Waals surface area contributed by atoms with Gasteiger partial charge in [0.1, 0.15) is 6.61 Å². The van der Waals surface area contributed by atoms with Crippen LogP contribution in [-0.2, 0) is 9.78 Å². The van der Waals surface area contributed by atoms with Gasteiger partial charge in [0.05, 0.1) is 5.56 Å². The van der Waals surface area contributed by atoms with Gasteiger partial charge in [-0.2, -0.15) is 4.89 Å². The fourth-order valence-corrected chi connectivity index (χ4v) is 1.00. The van der Waals surface area contributed by atoms with Gasteiger partial charge in [-0.3, -0.25) is 4.89 Å². The molecule has 1 rings (SSSR count). The largest absolute Gasteiger partial charge is 0.373 e. The van der Waals surface area contributed by atoms with Crippen LogP contribution in [0.4, 0.5) is 0 Å². The Bertz CT molecular complexity index is 331. The highest BCUT2D eigenvalue weighted by atomic mass is 17.2. The van der Waals surface area contributed by atoms with Crippen LogP contribution in [0.1, 0.15) is 29.8 Å². The van der Waals surface area contributed by atoms with Gasteiger partial charge in [0.2, 0.25) is 0 Å². The molecule has 0 atom stereocenters. The summed E-state index contributed by atoms with van der Waals surface area (Å²) in [5.74, 6) is -0.258. The molecular formula is C12H15O3. The molecule has 1 radical (unpaired) electrons. The maximum Gasteiger partial charge on any atom is 0.373 e. The van der Waals surface area contributed by atoms with E-state index in [0.29, 0.717) is 5.56 Å². The number of hydrogen-bond donors (Lipinski definition) is 0. The topological polar surface area (TPSA) is 35.5 Å². The van der Waals surface area contributed by atoms with Crippen LogP contribution < -0.4 is 0 Å². The van der Waals surface area contributed by atoms with Crippen LogP contribution in [0.3, 0.4) is 0 Å². The molecule has 3 heteroatoms. The Morgan fingerprint density at radius 2 is 2.13 bits per heavy atom. The first-order chi connectivity index (χ1) is 7.09. The second-order valence-electron chi connectivity index (χ2n) is 3.72. The zero-order valence-electron chi connectivity index (χ0n) is 9.19. The van der Waals surface area contributed by atoms with Crippen molar-refractivity contribution in [1.82, 2.24) is 0 Å². The van der Waals surface area contributed by atoms with Crippen LogP contribution in [0.15, 0.2) is 24.3 Å². The van der Waals surface area contributed by atoms with E-state index in [0.717, 1.165) is 5.56 Å². The number of hydrogen-bond acceptors (Lipinski definition) is 3. The Hall–Kier alpha value is -1.35. The first kappa shape index (κ1) is 11.7. The summed E-state index contributed by atoms with van der Waals surface area (Å²) in [5.41, 5.74) is 1.50. The molecule has 0 heterocycles. The van der Waals surface area contributed by atoms with Gasteiger partial charge in [0.15, 0.2) is 0 Å². The molecule has 0 fully saturated rings. The Morgan fingerprint density at radius 1 is 1.40 bits per heavy atom. The van der Waals surface area contributed by atoms with Crippen LogP contribution in [0.5, 0.6) is 0 Å². The molecule has 0 aliphatic carbocycles. The smallest absolute Gasteiger partial charge is 0.292 e. The first-order valence-electron chi connectivity index (χ1n) is 4.87. The van der Waals surface area contributed by atoms with Crippen molar-refractivity contribution in [2.45, 2.75) is 20.8 Å². The van der Waals surface area contributed by atoms with E-state index in [1.807, 2.05) is 26.8 Å². The van der Waals surface area contributed by atoms with E-state index < -0.39 is 5.97 Å². The molecule has 0 aliphatic heterocycles. The maximum absolute atomic E-state index is 11.4. The van der Waals surface area contributed by atoms with Crippen molar-refractivity contribution >= 4 is 5.97 Å². The first-order valence-corrected chi connectivity index (χ1v) is 4.87. The fraction of sp³-hybridized carbons (Fsp3) is 0.333. The molecule has 15 heavy (non-hydrogen) atoms. The maximum atomic E-state index is 11.4. The molecule has 3 nitrogen and oxygen atoms in total. The molecule has 81 valence electrons. The summed E-state index contributed by atoms with van der Waals surface area (Å²) in [5, 5.41) is 0. The molecule has 0 N–H and O–H groups in total. The number of benzene rings is 1. The summed E-state index contributed by atoms with van der Waals surface area (Å²) in [6, 6.07) is 7.16. The molecular weight excluding hydrogens is 192 g/mol. The van der Waals surface area contributed by atoms with E-state index in [1.54, 1.807) is 18.2 Å². The van der Waals surface area contributed by atoms with Crippen molar-refractivity contribution in [1.29, 1.82) is 0 Å². The van der Waals surface area contributed by atoms with E-state index in [-0.39, 0.29) is 5.92 Å². The Labute approximate surface area is 89.9 Å². The van der Waals surface area contributed by atoms with Crippen molar-refractivity contribution in [2.24, 2.45) is 5.92 Å². The summed E-state index contributed by atoms with van der Waals surface area (Å²) in [6.07, 6.45) is 0. The highest BCUT2D eigenvalue weighted by molar-refractivity contribution is 5.89. The lowest BCUT2D eigenvalue weighted by molar-refractivity contribution is -0.217. The Kier molecular flexibility index (Phi) is 4.31. The fourth-order valence-electron chi connectivity index (χ4n) is 1.00. The van der Waals surface area contributed by atoms with Gasteiger partial charge < -0.3 is 0 Å². The van der Waals surface area contributed by atoms with Crippen LogP contribution in [0, 0.1) is 19.4 Å². The van der Waals surface area contributed by atoms with Crippen LogP contribution in [0.2, 0.25) is 0 Å². The second kappa shape index (κ2) is 5.51. The summed E-state index contributed by atoms with van der Waals surface area (Å²) >= 11 is 0. The molecule has 0 saturated carbocycles. The van der Waals surface area contributed by atoms with E-state index in [2.05, 4.69) is 9.78 Å². The molecule has 0 bridgehead atoms. The zero-order chi connectivity index (χ0) is 11.3. The predicted octanol–water partition coefficient (Wildman–Crippen LogP) is 2.90. The van der Waals surface area contributed by atoms with Crippen LogP contribution >= 0.6 is 0 Å². The van der Waals surface area contributed by atoms with Crippen molar-refractivity contribution in [2.75, 3.05) is 0 Å². The van der Waals surface area contributed by atoms with Gasteiger partial charge in [0.25, 0.3) is 0 Å². The van der Waals surface area contributed by atoms with Crippen LogP contribution in [0.25, 0.3) is 0 Å². The van der Waals surface area contributed by atoms with Crippen molar-refractivity contribution in [3.63, 3.8) is 0 Å². The minimum Gasteiger partial charge on any atom is -0.292 e. The van der Waals surface area contributed by atoms with Gasteiger partial charge in [-0.15, -0.1) is 0 Å². The molecule has 0 spiro atoms. The van der Waals surface area contributed by atoms with Crippen molar-refractivity contribution in [3.8, 4) is 0 Å². The standard InChI is InChI=1S/C12H15O3/c1-9(2)8-14-15-12(13)11-6-4-5-10(3)7-11/h4-9H,1-3H3. The normalized spacial score (nSPS) is 10.4. The monoisotopic (exact) mass is 207 g/mol. The van der Waals surface area contributed by atoms with Gasteiger partial charge >= 0.3 is 5.97 Å². The third kappa shape index (κ3) is 4.13. The number of carbonyl (C=O) groups is 1. The average molecular weight is 207 g/mol. The summed E-state index contributed by atoms with van der Waals surface area (Å²) in [6.45, 7) is 7.24. The molecule has 0 amide bonds. The molecule has 1 aromatic rings. The summed E-state index contributed by atoms with van der Waals surface area (Å²) in [4.78, 5) is 20.7. The highest BCUT2D eigenvalue weighted by Gasteiger charge is 2.08. The lowest BCUT2D eigenvalue weighted by atomic mass is 10.1. The molecule has 0 unspecified atom stereocenters. The minimum atomic E-state index is -0.476. The SMILES string of the molecule is Cc1cccc(C(=O)OO[CH]C(C)C)c1. The van der Waals surface area contributed by atoms with E-state index in [9.17, 15) is 4.79 Å². The lowest BCUT2D eigenvalue weighted by Crippen LogP contribution is -2.06. The van der Waals surface area contributed by atoms with Crippen molar-refractivity contribution < 1.29 is 14.6 Å². The third-order valence-corrected chi connectivity index (χ3v) is 1.71. The lowest BCUT2D eigenvalue weighted by Gasteiger charge is -2.05. The highest BCUT2D eigenvalue weighted by Crippen LogP contribution is 2.07. The quantitative estimate of drug-likeness (QED) is 0.562. The molecule has 1 aromatic carbocycles. The van der Waals surface area contributed by atoms with Gasteiger partial charge in [0, 0.05) is 0 Å². The average Bonchev–Trinajstić information content (AvgIpc) is 2.17. The number of rotatable bonds is 4. The van der Waals surface area contributed by atoms with E-state index in [4.69, 9.17) is 0 Å². The van der Waals surface area contributed by atoms with Crippen molar-refractivity contribution in [3.05, 3.63) is 42.0 Å². The Balaban J connectivity index is 2.47. The van der Waals surface area contributed by atoms with Gasteiger partial charge in [-0.05, 0) is 25.0 Å². The minimum absolute atomic E-state index is 0.218. The molecule has 0 saturated heterocycles. The zero-order valence-corrected chi connectivity index (χ0v) is 9.19. The number of aryl methyl sites for hydroxylation is 1. The van der Waals surface area contributed by atoms with E-state index >= 15 is 0 Å². The van der Waals surface area contributed by atoms with E-state index in [1.165, 1.54) is 6.61 Å². The number of carbonyl (C=O) groups excluding carboxylic acids is 1. The van der Waals surface area contributed by atoms with Gasteiger partial charge in [-0.1, -0.05) is 31.5 Å². The second-order valence-corrected chi connectivity index (χ2v) is 3.72. The van der Waals surface area contributed by atoms with Gasteiger partial charge in [-0.25, -0.2) is 4.79 Å². The third-order valence-electron chi connectivity index (χ3n) is 1.71.